The van der Waals surface area contributed by atoms with E-state index in [1.165, 1.54) is 130 Å². The average molecular weight is 1060 g/mol. The van der Waals surface area contributed by atoms with Crippen LogP contribution in [0.25, 0.3) is 96.0 Å². The van der Waals surface area contributed by atoms with Crippen molar-refractivity contribution in [1.29, 1.82) is 0 Å². The molecule has 4 heteroatoms. The summed E-state index contributed by atoms with van der Waals surface area (Å²) in [4.78, 5) is 5.00. The summed E-state index contributed by atoms with van der Waals surface area (Å²) in [5.41, 5.74) is 23.4. The van der Waals surface area contributed by atoms with Crippen molar-refractivity contribution in [3.05, 3.63) is 289 Å². The predicted molar refractivity (Wildman–Crippen MR) is 348 cm³/mol. The van der Waals surface area contributed by atoms with Gasteiger partial charge >= 0.3 is 0 Å². The molecular formula is C76H56N2S2. The second-order valence-electron chi connectivity index (χ2n) is 21.1. The van der Waals surface area contributed by atoms with Gasteiger partial charge in [-0.2, -0.15) is 0 Å². The Hall–Kier alpha value is -9.32. The minimum Gasteiger partial charge on any atom is -0.309 e. The second kappa shape index (κ2) is 20.5. The lowest BCUT2D eigenvalue weighted by atomic mass is 9.94. The lowest BCUT2D eigenvalue weighted by Crippen LogP contribution is -2.14. The Balaban J connectivity index is 0.896. The Kier molecular flexibility index (Phi) is 12.5. The van der Waals surface area contributed by atoms with Gasteiger partial charge in [-0.15, -0.1) is 22.7 Å². The molecule has 12 aromatic carbocycles. The van der Waals surface area contributed by atoms with Gasteiger partial charge in [0.15, 0.2) is 0 Å². The molecule has 0 saturated carbocycles. The van der Waals surface area contributed by atoms with Crippen molar-refractivity contribution in [2.75, 3.05) is 9.80 Å². The van der Waals surface area contributed by atoms with Crippen LogP contribution < -0.4 is 9.80 Å². The molecule has 0 N–H and O–H groups in total. The highest BCUT2D eigenvalue weighted by atomic mass is 32.1. The zero-order valence-corrected chi connectivity index (χ0v) is 46.7. The molecule has 2 heterocycles. The fourth-order valence-electron chi connectivity index (χ4n) is 12.0. The third-order valence-corrected chi connectivity index (χ3v) is 18.2. The van der Waals surface area contributed by atoms with Crippen LogP contribution in [0, 0.1) is 27.7 Å². The van der Waals surface area contributed by atoms with Crippen molar-refractivity contribution in [2.45, 2.75) is 27.7 Å². The molecular weight excluding hydrogens is 1000 g/mol. The van der Waals surface area contributed by atoms with Crippen LogP contribution in [0.1, 0.15) is 22.3 Å². The summed E-state index contributed by atoms with van der Waals surface area (Å²) < 4.78 is 5.23. The highest BCUT2D eigenvalue weighted by molar-refractivity contribution is 7.26. The van der Waals surface area contributed by atoms with Crippen molar-refractivity contribution in [1.82, 2.24) is 0 Å². The third-order valence-electron chi connectivity index (χ3n) is 15.9. The van der Waals surface area contributed by atoms with Gasteiger partial charge in [0.05, 0.1) is 11.4 Å². The minimum absolute atomic E-state index is 1.11. The molecule has 2 aromatic heterocycles. The molecule has 2 nitrogen and oxygen atoms in total. The van der Waals surface area contributed by atoms with Gasteiger partial charge in [-0.25, -0.2) is 0 Å². The number of fused-ring (bicyclic) bond motifs is 6. The van der Waals surface area contributed by atoms with E-state index in [1.807, 2.05) is 22.7 Å². The van der Waals surface area contributed by atoms with Crippen LogP contribution in [0.4, 0.5) is 34.1 Å². The summed E-state index contributed by atoms with van der Waals surface area (Å²) in [6, 6.07) is 98.7. The maximum atomic E-state index is 2.50. The van der Waals surface area contributed by atoms with Crippen molar-refractivity contribution < 1.29 is 0 Å². The Bertz CT molecular complexity index is 4360. The molecule has 0 radical (unpaired) electrons. The van der Waals surface area contributed by atoms with E-state index in [2.05, 4.69) is 304 Å². The summed E-state index contributed by atoms with van der Waals surface area (Å²) in [5, 5.41) is 5.19. The van der Waals surface area contributed by atoms with Gasteiger partial charge in [0.1, 0.15) is 0 Å². The largest absolute Gasteiger partial charge is 0.309 e. The predicted octanol–water partition coefficient (Wildman–Crippen LogP) is 22.9. The first-order chi connectivity index (χ1) is 39.3. The van der Waals surface area contributed by atoms with Crippen LogP contribution in [0.15, 0.2) is 267 Å². The second-order valence-corrected chi connectivity index (χ2v) is 23.2. The van der Waals surface area contributed by atoms with E-state index in [0.29, 0.717) is 0 Å². The molecule has 0 unspecified atom stereocenters. The molecule has 0 fully saturated rings. The molecule has 80 heavy (non-hydrogen) atoms. The van der Waals surface area contributed by atoms with E-state index in [9.17, 15) is 0 Å². The Morgan fingerprint density at radius 3 is 1.04 bits per heavy atom. The number of para-hydroxylation sites is 2. The van der Waals surface area contributed by atoms with Crippen LogP contribution in [0.3, 0.4) is 0 Å². The number of hydrogen-bond acceptors (Lipinski definition) is 4. The first-order valence-corrected chi connectivity index (χ1v) is 29.1. The normalized spacial score (nSPS) is 11.5. The van der Waals surface area contributed by atoms with Crippen LogP contribution in [-0.4, -0.2) is 0 Å². The lowest BCUT2D eigenvalue weighted by Gasteiger charge is -2.32. The summed E-state index contributed by atoms with van der Waals surface area (Å²) in [6.45, 7) is 9.05. The molecule has 0 aliphatic carbocycles. The smallest absolute Gasteiger partial charge is 0.0569 e. The SMILES string of the molecule is Cc1cc(-c2ccc(N(c3cccc(-c4ccccc4)c3)c3c(C)cccc3-c3ccc4sc5ccccc5c4c3)c(C)c2)ccc1N(c1cccc(-c2ccccc2)c1)c1c(C)cccc1-c1ccc2sc3ccccc3c2c1. The van der Waals surface area contributed by atoms with Gasteiger partial charge in [0.2, 0.25) is 0 Å². The van der Waals surface area contributed by atoms with Crippen LogP contribution in [0.5, 0.6) is 0 Å². The number of thiophene rings is 2. The van der Waals surface area contributed by atoms with E-state index < -0.39 is 0 Å². The summed E-state index contributed by atoms with van der Waals surface area (Å²) >= 11 is 3.72. The highest BCUT2D eigenvalue weighted by Crippen LogP contribution is 2.49. The summed E-state index contributed by atoms with van der Waals surface area (Å²) in [6.07, 6.45) is 0. The van der Waals surface area contributed by atoms with Crippen LogP contribution in [0.2, 0.25) is 0 Å². The van der Waals surface area contributed by atoms with E-state index in [1.54, 1.807) is 0 Å². The van der Waals surface area contributed by atoms with Gasteiger partial charge < -0.3 is 9.80 Å². The van der Waals surface area contributed by atoms with Gasteiger partial charge in [-0.05, 0) is 179 Å². The van der Waals surface area contributed by atoms with Gasteiger partial charge in [0.25, 0.3) is 0 Å². The van der Waals surface area contributed by atoms with Crippen LogP contribution in [-0.2, 0) is 0 Å². The van der Waals surface area contributed by atoms with Gasteiger partial charge in [0, 0.05) is 74.2 Å². The molecule has 14 aromatic rings. The number of nitrogens with zero attached hydrogens (tertiary/aromatic N) is 2. The third kappa shape index (κ3) is 8.84. The van der Waals surface area contributed by atoms with E-state index in [-0.39, 0.29) is 0 Å². The van der Waals surface area contributed by atoms with Crippen molar-refractivity contribution >= 4 is 97.1 Å². The van der Waals surface area contributed by atoms with E-state index in [0.717, 1.165) is 22.7 Å². The number of hydrogen-bond donors (Lipinski definition) is 0. The van der Waals surface area contributed by atoms with Crippen LogP contribution >= 0.6 is 22.7 Å². The molecule has 0 amide bonds. The Morgan fingerprint density at radius 1 is 0.237 bits per heavy atom. The number of aryl methyl sites for hydroxylation is 4. The molecule has 0 bridgehead atoms. The summed E-state index contributed by atoms with van der Waals surface area (Å²) in [7, 11) is 0. The fourth-order valence-corrected chi connectivity index (χ4v) is 14.2. The van der Waals surface area contributed by atoms with Crippen molar-refractivity contribution in [3.8, 4) is 55.6 Å². The topological polar surface area (TPSA) is 6.48 Å². The fraction of sp³-hybridized carbons (Fsp3) is 0.0526. The molecule has 382 valence electrons. The Labute approximate surface area is 476 Å². The molecule has 14 rings (SSSR count). The standard InChI is InChI=1S/C76H56N2S2/c1-49-19-15-31-63(59-37-41-73-67(47-59)65-29-11-13-33-71(65)79-73)75(49)77(61-27-17-25-55(45-61)53-21-7-5-8-22-53)69-39-35-57(43-51(69)3)58-36-40-70(52(4)44-58)78(62-28-18-26-56(46-62)54-23-9-6-10-24-54)76-50(2)20-16-32-64(76)60-38-42-74-68(48-60)66-30-12-14-34-72(66)80-74/h5-48H,1-4H3. The molecule has 0 atom stereocenters. The zero-order valence-electron chi connectivity index (χ0n) is 45.1. The Morgan fingerprint density at radius 2 is 0.600 bits per heavy atom. The van der Waals surface area contributed by atoms with Gasteiger partial charge in [-0.3, -0.25) is 0 Å². The van der Waals surface area contributed by atoms with Gasteiger partial charge in [-0.1, -0.05) is 182 Å². The van der Waals surface area contributed by atoms with Crippen molar-refractivity contribution in [3.63, 3.8) is 0 Å². The lowest BCUT2D eigenvalue weighted by molar-refractivity contribution is 1.22. The molecule has 0 aliphatic rings. The number of anilines is 6. The maximum Gasteiger partial charge on any atom is 0.0569 e. The molecule has 0 spiro atoms. The summed E-state index contributed by atoms with van der Waals surface area (Å²) in [5.74, 6) is 0. The monoisotopic (exact) mass is 1060 g/mol. The van der Waals surface area contributed by atoms with Crippen molar-refractivity contribution in [2.24, 2.45) is 0 Å². The number of benzene rings is 12. The van der Waals surface area contributed by atoms with E-state index in [4.69, 9.17) is 0 Å². The first-order valence-electron chi connectivity index (χ1n) is 27.5. The quantitative estimate of drug-likeness (QED) is 0.127. The molecule has 0 saturated heterocycles. The minimum atomic E-state index is 1.11. The number of rotatable bonds is 11. The highest BCUT2D eigenvalue weighted by Gasteiger charge is 2.25. The average Bonchev–Trinajstić information content (AvgIpc) is 4.11. The molecule has 0 aliphatic heterocycles. The maximum absolute atomic E-state index is 2.50. The van der Waals surface area contributed by atoms with E-state index >= 15 is 0 Å². The first kappa shape index (κ1) is 49.0. The zero-order chi connectivity index (χ0) is 53.8.